The quantitative estimate of drug-likeness (QED) is 0.821. The summed E-state index contributed by atoms with van der Waals surface area (Å²) < 4.78 is 0. The zero-order valence-corrected chi connectivity index (χ0v) is 15.1. The lowest BCUT2D eigenvalue weighted by molar-refractivity contribution is -0.120. The van der Waals surface area contributed by atoms with Crippen molar-refractivity contribution < 1.29 is 14.4 Å². The SMILES string of the molecule is O=C(CNC(=O)c1ccccc1)NCc1cccc(C(=O)N2CCCC2)c1. The van der Waals surface area contributed by atoms with Crippen molar-refractivity contribution in [1.82, 2.24) is 15.5 Å². The predicted molar refractivity (Wildman–Crippen MR) is 102 cm³/mol. The third kappa shape index (κ3) is 5.17. The molecule has 0 atom stereocenters. The van der Waals surface area contributed by atoms with Crippen molar-refractivity contribution in [3.8, 4) is 0 Å². The van der Waals surface area contributed by atoms with Crippen LogP contribution in [0.1, 0.15) is 39.1 Å². The van der Waals surface area contributed by atoms with Gasteiger partial charge in [0.25, 0.3) is 11.8 Å². The topological polar surface area (TPSA) is 78.5 Å². The molecule has 1 heterocycles. The van der Waals surface area contributed by atoms with Gasteiger partial charge in [-0.3, -0.25) is 14.4 Å². The Morgan fingerprint density at radius 3 is 2.30 bits per heavy atom. The molecule has 0 unspecified atom stereocenters. The monoisotopic (exact) mass is 365 g/mol. The molecular formula is C21H23N3O3. The minimum atomic E-state index is -0.288. The summed E-state index contributed by atoms with van der Waals surface area (Å²) in [4.78, 5) is 38.2. The minimum absolute atomic E-state index is 0.0378. The van der Waals surface area contributed by atoms with Gasteiger partial charge >= 0.3 is 0 Å². The number of carbonyl (C=O) groups is 3. The number of benzene rings is 2. The van der Waals surface area contributed by atoms with Gasteiger partial charge < -0.3 is 15.5 Å². The number of rotatable bonds is 6. The molecule has 1 fully saturated rings. The van der Waals surface area contributed by atoms with Crippen molar-refractivity contribution >= 4 is 17.7 Å². The molecule has 0 aliphatic carbocycles. The van der Waals surface area contributed by atoms with Crippen molar-refractivity contribution in [1.29, 1.82) is 0 Å². The summed E-state index contributed by atoms with van der Waals surface area (Å²) in [5.74, 6) is -0.532. The number of hydrogen-bond donors (Lipinski definition) is 2. The third-order valence-electron chi connectivity index (χ3n) is 4.50. The lowest BCUT2D eigenvalue weighted by atomic mass is 10.1. The fourth-order valence-electron chi connectivity index (χ4n) is 3.03. The Morgan fingerprint density at radius 2 is 1.56 bits per heavy atom. The Balaban J connectivity index is 1.48. The Hall–Kier alpha value is -3.15. The average molecular weight is 365 g/mol. The highest BCUT2D eigenvalue weighted by Gasteiger charge is 2.19. The van der Waals surface area contributed by atoms with Crippen LogP contribution in [0, 0.1) is 0 Å². The fraction of sp³-hybridized carbons (Fsp3) is 0.286. The molecule has 140 valence electrons. The number of nitrogens with one attached hydrogen (secondary N) is 2. The first-order chi connectivity index (χ1) is 13.1. The van der Waals surface area contributed by atoms with Crippen molar-refractivity contribution in [3.63, 3.8) is 0 Å². The second-order valence-electron chi connectivity index (χ2n) is 6.53. The summed E-state index contributed by atoms with van der Waals surface area (Å²) >= 11 is 0. The Bertz CT molecular complexity index is 814. The first-order valence-corrected chi connectivity index (χ1v) is 9.11. The molecule has 3 rings (SSSR count). The van der Waals surface area contributed by atoms with Crippen LogP contribution >= 0.6 is 0 Å². The van der Waals surface area contributed by atoms with Crippen molar-refractivity contribution in [3.05, 3.63) is 71.3 Å². The van der Waals surface area contributed by atoms with Gasteiger partial charge in [0.1, 0.15) is 0 Å². The molecule has 2 aromatic carbocycles. The Kier molecular flexibility index (Phi) is 6.20. The summed E-state index contributed by atoms with van der Waals surface area (Å²) in [5.41, 5.74) is 2.00. The van der Waals surface area contributed by atoms with Crippen LogP contribution < -0.4 is 10.6 Å². The van der Waals surface area contributed by atoms with Crippen molar-refractivity contribution in [2.75, 3.05) is 19.6 Å². The number of amides is 3. The van der Waals surface area contributed by atoms with E-state index in [0.717, 1.165) is 31.5 Å². The van der Waals surface area contributed by atoms with E-state index in [1.807, 2.05) is 29.2 Å². The molecule has 6 heteroatoms. The maximum Gasteiger partial charge on any atom is 0.253 e. The molecule has 3 amide bonds. The second-order valence-corrected chi connectivity index (χ2v) is 6.53. The van der Waals surface area contributed by atoms with Crippen LogP contribution in [0.4, 0.5) is 0 Å². The highest BCUT2D eigenvalue weighted by Crippen LogP contribution is 2.14. The van der Waals surface area contributed by atoms with E-state index in [2.05, 4.69) is 10.6 Å². The van der Waals surface area contributed by atoms with E-state index >= 15 is 0 Å². The van der Waals surface area contributed by atoms with Gasteiger partial charge in [0.15, 0.2) is 0 Å². The van der Waals surface area contributed by atoms with Gasteiger partial charge in [-0.05, 0) is 42.7 Å². The van der Waals surface area contributed by atoms with E-state index in [1.165, 1.54) is 0 Å². The molecule has 0 radical (unpaired) electrons. The van der Waals surface area contributed by atoms with E-state index < -0.39 is 0 Å². The number of carbonyl (C=O) groups excluding carboxylic acids is 3. The normalized spacial score (nSPS) is 13.3. The van der Waals surface area contributed by atoms with E-state index in [-0.39, 0.29) is 24.3 Å². The van der Waals surface area contributed by atoms with E-state index in [9.17, 15) is 14.4 Å². The lowest BCUT2D eigenvalue weighted by Crippen LogP contribution is -2.36. The lowest BCUT2D eigenvalue weighted by Gasteiger charge is -2.15. The standard InChI is InChI=1S/C21H23N3O3/c25-19(15-23-20(26)17-8-2-1-3-9-17)22-14-16-7-6-10-18(13-16)21(27)24-11-4-5-12-24/h1-3,6-10,13H,4-5,11-12,14-15H2,(H,22,25)(H,23,26). The summed E-state index contributed by atoms with van der Waals surface area (Å²) in [6, 6.07) is 16.0. The van der Waals surface area contributed by atoms with Crippen LogP contribution in [0.5, 0.6) is 0 Å². The second kappa shape index (κ2) is 8.98. The molecule has 1 aliphatic heterocycles. The van der Waals surface area contributed by atoms with E-state index in [0.29, 0.717) is 17.7 Å². The third-order valence-corrected chi connectivity index (χ3v) is 4.50. The van der Waals surface area contributed by atoms with Crippen LogP contribution in [0.3, 0.4) is 0 Å². The zero-order chi connectivity index (χ0) is 19.1. The van der Waals surface area contributed by atoms with Crippen molar-refractivity contribution in [2.24, 2.45) is 0 Å². The molecule has 27 heavy (non-hydrogen) atoms. The first kappa shape index (κ1) is 18.6. The zero-order valence-electron chi connectivity index (χ0n) is 15.1. The maximum atomic E-state index is 12.4. The number of hydrogen-bond acceptors (Lipinski definition) is 3. The molecule has 2 aromatic rings. The Morgan fingerprint density at radius 1 is 0.852 bits per heavy atom. The minimum Gasteiger partial charge on any atom is -0.350 e. The average Bonchev–Trinajstić information content (AvgIpc) is 3.25. The van der Waals surface area contributed by atoms with Gasteiger partial charge in [-0.25, -0.2) is 0 Å². The summed E-state index contributed by atoms with van der Waals surface area (Å²) in [5, 5.41) is 5.35. The van der Waals surface area contributed by atoms with E-state index in [4.69, 9.17) is 0 Å². The van der Waals surface area contributed by atoms with Gasteiger partial charge in [0.05, 0.1) is 6.54 Å². The molecule has 0 saturated carbocycles. The first-order valence-electron chi connectivity index (χ1n) is 9.11. The Labute approximate surface area is 158 Å². The molecule has 1 aliphatic rings. The van der Waals surface area contributed by atoms with E-state index in [1.54, 1.807) is 30.3 Å². The molecular weight excluding hydrogens is 342 g/mol. The van der Waals surface area contributed by atoms with Gasteiger partial charge in [0.2, 0.25) is 5.91 Å². The highest BCUT2D eigenvalue weighted by atomic mass is 16.2. The molecule has 6 nitrogen and oxygen atoms in total. The van der Waals surface area contributed by atoms with Gasteiger partial charge in [-0.2, -0.15) is 0 Å². The smallest absolute Gasteiger partial charge is 0.253 e. The van der Waals surface area contributed by atoms with Crippen LogP contribution in [0.2, 0.25) is 0 Å². The molecule has 0 bridgehead atoms. The maximum absolute atomic E-state index is 12.4. The van der Waals surface area contributed by atoms with Crippen molar-refractivity contribution in [2.45, 2.75) is 19.4 Å². The van der Waals surface area contributed by atoms with Crippen LogP contribution in [0.25, 0.3) is 0 Å². The molecule has 1 saturated heterocycles. The number of nitrogens with zero attached hydrogens (tertiary/aromatic N) is 1. The van der Waals surface area contributed by atoms with Gasteiger partial charge in [-0.15, -0.1) is 0 Å². The fourth-order valence-corrected chi connectivity index (χ4v) is 3.03. The van der Waals surface area contributed by atoms with Crippen LogP contribution in [0.15, 0.2) is 54.6 Å². The van der Waals surface area contributed by atoms with Gasteiger partial charge in [-0.1, -0.05) is 30.3 Å². The predicted octanol–water partition coefficient (Wildman–Crippen LogP) is 1.97. The molecule has 2 N–H and O–H groups in total. The summed E-state index contributed by atoms with van der Waals surface area (Å²) in [6.07, 6.45) is 2.10. The molecule has 0 spiro atoms. The summed E-state index contributed by atoms with van der Waals surface area (Å²) in [6.45, 7) is 1.82. The highest BCUT2D eigenvalue weighted by molar-refractivity contribution is 5.96. The number of likely N-dealkylation sites (tertiary alicyclic amines) is 1. The van der Waals surface area contributed by atoms with Crippen LogP contribution in [-0.2, 0) is 11.3 Å². The van der Waals surface area contributed by atoms with Gasteiger partial charge in [0, 0.05) is 30.8 Å². The largest absolute Gasteiger partial charge is 0.350 e. The van der Waals surface area contributed by atoms with Crippen LogP contribution in [-0.4, -0.2) is 42.3 Å². The molecule has 0 aromatic heterocycles. The summed E-state index contributed by atoms with van der Waals surface area (Å²) in [7, 11) is 0.